The van der Waals surface area contributed by atoms with Gasteiger partial charge in [0.05, 0.1) is 11.3 Å². The molecule has 0 atom stereocenters. The minimum absolute atomic E-state index is 0.194. The van der Waals surface area contributed by atoms with Crippen molar-refractivity contribution >= 4 is 29.2 Å². The van der Waals surface area contributed by atoms with Gasteiger partial charge in [0.25, 0.3) is 0 Å². The Morgan fingerprint density at radius 3 is 1.86 bits per heavy atom. The van der Waals surface area contributed by atoms with Gasteiger partial charge in [0.15, 0.2) is 0 Å². The molecule has 0 aliphatic carbocycles. The molecule has 74 valence electrons. The molecule has 1 rings (SSSR count). The molecule has 0 radical (unpaired) electrons. The molecule has 0 aliphatic rings. The second kappa shape index (κ2) is 13.2. The van der Waals surface area contributed by atoms with E-state index < -0.39 is 5.97 Å². The molecule has 2 nitrogen and oxygen atoms in total. The molecule has 1 aromatic rings. The van der Waals surface area contributed by atoms with E-state index in [1.807, 2.05) is 0 Å². The van der Waals surface area contributed by atoms with Crippen LogP contribution in [0.2, 0.25) is 4.43 Å². The summed E-state index contributed by atoms with van der Waals surface area (Å²) < 4.78 is 2.19. The third-order valence-electron chi connectivity index (χ3n) is 1.01. The van der Waals surface area contributed by atoms with Crippen LogP contribution in [-0.4, -0.2) is 11.3 Å². The molecule has 0 aromatic heterocycles. The fourth-order valence-electron chi connectivity index (χ4n) is 0.574. The summed E-state index contributed by atoms with van der Waals surface area (Å²) in [7, 11) is 0. The Morgan fingerprint density at radius 1 is 1.29 bits per heavy atom. The third-order valence-corrected chi connectivity index (χ3v) is 1.01. The quantitative estimate of drug-likeness (QED) is 0.514. The zero-order chi connectivity index (χ0) is 11.4. The second-order valence-electron chi connectivity index (χ2n) is 1.75. The Bertz CT molecular complexity index is 230. The first-order valence-electron chi connectivity index (χ1n) is 3.81. The summed E-state index contributed by atoms with van der Waals surface area (Å²) in [4.78, 5) is 10.1. The van der Waals surface area contributed by atoms with Gasteiger partial charge in [-0.15, -0.1) is 23.2 Å². The number of carboxylic acids is 1. The van der Waals surface area contributed by atoms with Gasteiger partial charge in [-0.1, -0.05) is 30.3 Å². The number of alkyl halides is 2. The van der Waals surface area contributed by atoms with E-state index in [-0.39, 0.29) is 10.9 Å². The zero-order valence-corrected chi connectivity index (χ0v) is 14.9. The van der Waals surface area contributed by atoms with E-state index in [1.54, 1.807) is 18.2 Å². The van der Waals surface area contributed by atoms with E-state index in [0.29, 0.717) is 0 Å². The van der Waals surface area contributed by atoms with Crippen LogP contribution in [-0.2, 0) is 26.1 Å². The van der Waals surface area contributed by atoms with Crippen LogP contribution < -0.4 is 5.11 Å². The molecule has 5 heteroatoms. The molecule has 0 saturated heterocycles. The van der Waals surface area contributed by atoms with Crippen LogP contribution in [0.3, 0.4) is 0 Å². The number of halogens is 2. The average molecular weight is 422 g/mol. The maximum atomic E-state index is 10.1. The number of aromatic carboxylic acids is 1. The molecule has 0 amide bonds. The van der Waals surface area contributed by atoms with E-state index in [2.05, 4.69) is 4.43 Å². The number of carbonyl (C=O) groups is 1. The van der Waals surface area contributed by atoms with Gasteiger partial charge >= 0.3 is 30.6 Å². The normalized spacial score (nSPS) is 7.50. The predicted octanol–water partition coefficient (Wildman–Crippen LogP) is 2.05. The first-order chi connectivity index (χ1) is 6.72. The minimum atomic E-state index is -1.13. The first-order valence-corrected chi connectivity index (χ1v) is 10.4. The molecule has 14 heavy (non-hydrogen) atoms. The number of carbonyl (C=O) groups excluding carboxylic acids is 1. The van der Waals surface area contributed by atoms with E-state index in [9.17, 15) is 9.90 Å². The maximum absolute atomic E-state index is 10.1. The second-order valence-corrected chi connectivity index (χ2v) is 2.56. The van der Waals surface area contributed by atoms with Crippen LogP contribution in [0, 0.1) is 0 Å². The van der Waals surface area contributed by atoms with Crippen LogP contribution in [0.4, 0.5) is 0 Å². The summed E-state index contributed by atoms with van der Waals surface area (Å²) >= 11 is 10.6. The molecular formula is C9H10Cl2HgO2. The molecule has 0 aliphatic heterocycles. The van der Waals surface area contributed by atoms with Gasteiger partial charge in [0.2, 0.25) is 0 Å². The van der Waals surface area contributed by atoms with Gasteiger partial charge in [-0.3, -0.25) is 0 Å². The van der Waals surface area contributed by atoms with Crippen molar-refractivity contribution < 1.29 is 36.0 Å². The number of carboxylic acid groups (broad SMARTS) is 1. The van der Waals surface area contributed by atoms with Gasteiger partial charge in [-0.2, -0.15) is 0 Å². The Balaban J connectivity index is 0. The van der Waals surface area contributed by atoms with Crippen molar-refractivity contribution in [1.82, 2.24) is 0 Å². The summed E-state index contributed by atoms with van der Waals surface area (Å²) in [5.74, 6) is -1.13. The molecule has 0 heterocycles. The Hall–Kier alpha value is 0.205. The fraction of sp³-hybridized carbons (Fsp3) is 0.222. The van der Waals surface area contributed by atoms with Crippen molar-refractivity contribution in [3.8, 4) is 0 Å². The summed E-state index contributed by atoms with van der Waals surface area (Å²) in [5.41, 5.74) is 0.220. The first kappa shape index (κ1) is 16.6. The predicted molar refractivity (Wildman–Crippen MR) is 53.2 cm³/mol. The number of hydrogen-bond acceptors (Lipinski definition) is 2. The average Bonchev–Trinajstić information content (AvgIpc) is 2.23. The van der Waals surface area contributed by atoms with Crippen molar-refractivity contribution in [3.63, 3.8) is 0 Å². The van der Waals surface area contributed by atoms with Crippen molar-refractivity contribution in [3.05, 3.63) is 35.9 Å². The fourth-order valence-corrected chi connectivity index (χ4v) is 0.574. The molecule has 1 aromatic carbocycles. The zero-order valence-electron chi connectivity index (χ0n) is 7.87. The SMILES string of the molecule is ClCCl.O=C([O-])c1ccccc1.[CH3][Hg+]. The topological polar surface area (TPSA) is 40.1 Å². The van der Waals surface area contributed by atoms with Crippen molar-refractivity contribution in [2.75, 3.05) is 5.34 Å². The Morgan fingerprint density at radius 2 is 1.64 bits per heavy atom. The monoisotopic (exact) mass is 422 g/mol. The molecular weight excluding hydrogens is 412 g/mol. The van der Waals surface area contributed by atoms with E-state index in [0.717, 1.165) is 26.1 Å². The van der Waals surface area contributed by atoms with Crippen molar-refractivity contribution in [1.29, 1.82) is 0 Å². The summed E-state index contributed by atoms with van der Waals surface area (Å²) in [6.07, 6.45) is 0. The van der Waals surface area contributed by atoms with Crippen LogP contribution in [0.5, 0.6) is 0 Å². The molecule has 0 unspecified atom stereocenters. The van der Waals surface area contributed by atoms with Gasteiger partial charge < -0.3 is 9.90 Å². The Kier molecular flexibility index (Phi) is 15.7. The standard InChI is InChI=1S/C7H6O2.CH2Cl2.CH3.Hg/c8-7(9)6-4-2-1-3-5-6;2-1-3;;/h1-5H,(H,8,9);1H2;1H3;/q;;;+1/p-1. The Labute approximate surface area is 110 Å². The van der Waals surface area contributed by atoms with E-state index >= 15 is 0 Å². The van der Waals surface area contributed by atoms with Crippen molar-refractivity contribution in [2.45, 2.75) is 4.43 Å². The molecule has 0 saturated carbocycles. The van der Waals surface area contributed by atoms with Gasteiger partial charge in [-0.05, 0) is 5.56 Å². The summed E-state index contributed by atoms with van der Waals surface area (Å²) in [6, 6.07) is 8.06. The van der Waals surface area contributed by atoms with E-state index in [4.69, 9.17) is 23.2 Å². The number of hydrogen-bond donors (Lipinski definition) is 0. The summed E-state index contributed by atoms with van der Waals surface area (Å²) in [5, 5.41) is 10.3. The van der Waals surface area contributed by atoms with E-state index in [1.165, 1.54) is 12.1 Å². The molecule has 0 bridgehead atoms. The molecule has 0 N–H and O–H groups in total. The van der Waals surface area contributed by atoms with Crippen LogP contribution >= 0.6 is 23.2 Å². The van der Waals surface area contributed by atoms with Crippen molar-refractivity contribution in [2.24, 2.45) is 0 Å². The van der Waals surface area contributed by atoms with Crippen LogP contribution in [0.25, 0.3) is 0 Å². The van der Waals surface area contributed by atoms with Gasteiger partial charge in [0.1, 0.15) is 0 Å². The van der Waals surface area contributed by atoms with Crippen LogP contribution in [0.15, 0.2) is 30.3 Å². The number of rotatable bonds is 1. The summed E-state index contributed by atoms with van der Waals surface area (Å²) in [6.45, 7) is 0. The molecule has 0 spiro atoms. The number of benzene rings is 1. The van der Waals surface area contributed by atoms with Gasteiger partial charge in [-0.25, -0.2) is 0 Å². The van der Waals surface area contributed by atoms with Crippen LogP contribution in [0.1, 0.15) is 10.4 Å². The third kappa shape index (κ3) is 10.3. The van der Waals surface area contributed by atoms with Gasteiger partial charge in [0, 0.05) is 0 Å². The molecule has 0 fully saturated rings.